The minimum Gasteiger partial charge on any atom is -0.396 e. The molecule has 4 N–H and O–H groups in total. The maximum Gasteiger partial charge on any atom is 0.252 e. The minimum atomic E-state index is -0.138. The van der Waals surface area contributed by atoms with Gasteiger partial charge in [-0.15, -0.1) is 24.0 Å². The zero-order valence-electron chi connectivity index (χ0n) is 16.6. The van der Waals surface area contributed by atoms with Gasteiger partial charge in [0.25, 0.3) is 5.91 Å². The molecule has 1 aromatic heterocycles. The molecule has 0 aliphatic carbocycles. The Labute approximate surface area is 179 Å². The molecule has 1 heterocycles. The number of pyridine rings is 1. The topological polar surface area (TPSA) is 98.6 Å². The van der Waals surface area contributed by atoms with Gasteiger partial charge in [-0.2, -0.15) is 0 Å². The summed E-state index contributed by atoms with van der Waals surface area (Å²) < 4.78 is 0. The van der Waals surface area contributed by atoms with Gasteiger partial charge in [-0.05, 0) is 43.7 Å². The van der Waals surface area contributed by atoms with Crippen LogP contribution in [0.25, 0.3) is 0 Å². The van der Waals surface area contributed by atoms with Gasteiger partial charge in [0.2, 0.25) is 0 Å². The Morgan fingerprint density at radius 3 is 2.44 bits per heavy atom. The summed E-state index contributed by atoms with van der Waals surface area (Å²) in [6.07, 6.45) is 5.90. The number of hydrogen-bond acceptors (Lipinski definition) is 4. The largest absolute Gasteiger partial charge is 0.396 e. The summed E-state index contributed by atoms with van der Waals surface area (Å²) in [4.78, 5) is 20.6. The molecular formula is C19H34IN5O2. The fourth-order valence-electron chi connectivity index (χ4n) is 2.69. The molecule has 0 aliphatic heterocycles. The summed E-state index contributed by atoms with van der Waals surface area (Å²) in [5.74, 6) is 0.591. The minimum absolute atomic E-state index is 0. The first-order valence-electron chi connectivity index (χ1n) is 9.42. The van der Waals surface area contributed by atoms with Crippen molar-refractivity contribution in [2.24, 2.45) is 10.4 Å². The predicted octanol–water partition coefficient (Wildman–Crippen LogP) is 2.17. The highest BCUT2D eigenvalue weighted by atomic mass is 127. The quantitative estimate of drug-likeness (QED) is 0.165. The van der Waals surface area contributed by atoms with Crippen LogP contribution in [-0.2, 0) is 0 Å². The number of carbonyl (C=O) groups excluding carboxylic acids is 1. The molecule has 154 valence electrons. The molecule has 0 radical (unpaired) electrons. The van der Waals surface area contributed by atoms with Crippen LogP contribution in [0.5, 0.6) is 0 Å². The van der Waals surface area contributed by atoms with Gasteiger partial charge in [0.15, 0.2) is 5.96 Å². The van der Waals surface area contributed by atoms with E-state index in [4.69, 9.17) is 0 Å². The van der Waals surface area contributed by atoms with Crippen LogP contribution in [0.4, 0.5) is 0 Å². The summed E-state index contributed by atoms with van der Waals surface area (Å²) in [6, 6.07) is 3.47. The summed E-state index contributed by atoms with van der Waals surface area (Å²) in [7, 11) is 0. The predicted molar refractivity (Wildman–Crippen MR) is 121 cm³/mol. The lowest BCUT2D eigenvalue weighted by molar-refractivity contribution is 0.0954. The number of guanidine groups is 1. The van der Waals surface area contributed by atoms with Gasteiger partial charge in [-0.1, -0.05) is 13.8 Å². The first-order chi connectivity index (χ1) is 12.6. The Balaban J connectivity index is 0.00000676. The fourth-order valence-corrected chi connectivity index (χ4v) is 2.69. The number of carbonyl (C=O) groups is 1. The number of nitrogens with zero attached hydrogens (tertiary/aromatic N) is 2. The molecule has 0 atom stereocenters. The van der Waals surface area contributed by atoms with Crippen LogP contribution in [0.3, 0.4) is 0 Å². The van der Waals surface area contributed by atoms with Gasteiger partial charge in [0.1, 0.15) is 0 Å². The molecule has 0 aliphatic rings. The van der Waals surface area contributed by atoms with Gasteiger partial charge < -0.3 is 21.1 Å². The number of nitrogens with one attached hydrogen (secondary N) is 3. The number of aliphatic imine (C=N–C) groups is 1. The Hall–Kier alpha value is -1.42. The van der Waals surface area contributed by atoms with Gasteiger partial charge in [-0.25, -0.2) is 0 Å². The molecule has 0 spiro atoms. The lowest BCUT2D eigenvalue weighted by atomic mass is 9.79. The van der Waals surface area contributed by atoms with E-state index in [1.807, 2.05) is 6.92 Å². The smallest absolute Gasteiger partial charge is 0.252 e. The number of hydrogen-bond donors (Lipinski definition) is 4. The average molecular weight is 491 g/mol. The monoisotopic (exact) mass is 491 g/mol. The molecule has 8 heteroatoms. The molecule has 0 aromatic carbocycles. The Kier molecular flexibility index (Phi) is 13.8. The van der Waals surface area contributed by atoms with E-state index in [9.17, 15) is 9.90 Å². The molecule has 27 heavy (non-hydrogen) atoms. The highest BCUT2D eigenvalue weighted by Crippen LogP contribution is 2.30. The lowest BCUT2D eigenvalue weighted by Crippen LogP contribution is -2.42. The number of aliphatic hydroxyl groups excluding tert-OH is 1. The molecule has 0 saturated heterocycles. The van der Waals surface area contributed by atoms with Crippen molar-refractivity contribution in [1.82, 2.24) is 20.9 Å². The van der Waals surface area contributed by atoms with Crippen molar-refractivity contribution >= 4 is 35.8 Å². The van der Waals surface area contributed by atoms with Crippen molar-refractivity contribution in [1.29, 1.82) is 0 Å². The molecule has 0 saturated carbocycles. The number of halogens is 1. The Bertz CT molecular complexity index is 550. The molecule has 1 rings (SSSR count). The lowest BCUT2D eigenvalue weighted by Gasteiger charge is -2.29. The van der Waals surface area contributed by atoms with E-state index in [1.54, 1.807) is 24.5 Å². The second-order valence-corrected chi connectivity index (χ2v) is 6.30. The Morgan fingerprint density at radius 1 is 1.19 bits per heavy atom. The molecular weight excluding hydrogens is 457 g/mol. The highest BCUT2D eigenvalue weighted by Gasteiger charge is 2.25. The van der Waals surface area contributed by atoms with Gasteiger partial charge in [-0.3, -0.25) is 14.8 Å². The van der Waals surface area contributed by atoms with E-state index in [2.05, 4.69) is 39.8 Å². The van der Waals surface area contributed by atoms with Crippen LogP contribution in [0.2, 0.25) is 0 Å². The SMILES string of the molecule is CCNC(=NCC(CC)(CC)CCO)NCCNC(=O)c1cccnc1.I. The highest BCUT2D eigenvalue weighted by molar-refractivity contribution is 14.0. The van der Waals surface area contributed by atoms with E-state index >= 15 is 0 Å². The van der Waals surface area contributed by atoms with Crippen molar-refractivity contribution in [2.45, 2.75) is 40.0 Å². The van der Waals surface area contributed by atoms with Crippen molar-refractivity contribution in [3.05, 3.63) is 30.1 Å². The zero-order chi connectivity index (χ0) is 19.3. The summed E-state index contributed by atoms with van der Waals surface area (Å²) in [5, 5.41) is 18.6. The van der Waals surface area contributed by atoms with Crippen LogP contribution >= 0.6 is 24.0 Å². The molecule has 0 bridgehead atoms. The third-order valence-corrected chi connectivity index (χ3v) is 4.69. The number of aromatic nitrogens is 1. The maximum absolute atomic E-state index is 12.0. The number of aliphatic hydroxyl groups is 1. The van der Waals surface area contributed by atoms with E-state index in [-0.39, 0.29) is 41.9 Å². The Morgan fingerprint density at radius 2 is 1.89 bits per heavy atom. The summed E-state index contributed by atoms with van der Waals surface area (Å²) >= 11 is 0. The normalized spacial score (nSPS) is 11.5. The second-order valence-electron chi connectivity index (χ2n) is 6.30. The van der Waals surface area contributed by atoms with Crippen molar-refractivity contribution < 1.29 is 9.90 Å². The van der Waals surface area contributed by atoms with Crippen molar-refractivity contribution in [3.8, 4) is 0 Å². The number of rotatable bonds is 11. The van der Waals surface area contributed by atoms with Gasteiger partial charge in [0.05, 0.1) is 5.56 Å². The molecule has 1 aromatic rings. The first kappa shape index (κ1) is 25.6. The van der Waals surface area contributed by atoms with E-state index in [0.717, 1.165) is 31.8 Å². The average Bonchev–Trinajstić information content (AvgIpc) is 2.68. The fraction of sp³-hybridized carbons (Fsp3) is 0.632. The summed E-state index contributed by atoms with van der Waals surface area (Å²) in [6.45, 7) is 8.97. The summed E-state index contributed by atoms with van der Waals surface area (Å²) in [5.41, 5.74) is 0.582. The van der Waals surface area contributed by atoms with E-state index < -0.39 is 0 Å². The third-order valence-electron chi connectivity index (χ3n) is 4.69. The maximum atomic E-state index is 12.0. The van der Waals surface area contributed by atoms with Gasteiger partial charge in [0, 0.05) is 45.2 Å². The molecule has 1 amide bonds. The van der Waals surface area contributed by atoms with Crippen LogP contribution in [0.1, 0.15) is 50.4 Å². The van der Waals surface area contributed by atoms with Crippen LogP contribution in [0, 0.1) is 5.41 Å². The molecule has 0 fully saturated rings. The first-order valence-corrected chi connectivity index (χ1v) is 9.42. The van der Waals surface area contributed by atoms with E-state index in [1.165, 1.54) is 0 Å². The standard InChI is InChI=1S/C19H33N5O2.HI/c1-4-19(5-2,9-13-25)15-24-18(21-6-3)23-12-11-22-17(26)16-8-7-10-20-14-16;/h7-8,10,14,25H,4-6,9,11-13,15H2,1-3H3,(H,22,26)(H2,21,23,24);1H. The van der Waals surface area contributed by atoms with E-state index in [0.29, 0.717) is 25.2 Å². The number of amides is 1. The van der Waals surface area contributed by atoms with Crippen LogP contribution in [0.15, 0.2) is 29.5 Å². The zero-order valence-corrected chi connectivity index (χ0v) is 19.0. The van der Waals surface area contributed by atoms with Gasteiger partial charge >= 0.3 is 0 Å². The van der Waals surface area contributed by atoms with Crippen LogP contribution < -0.4 is 16.0 Å². The molecule has 7 nitrogen and oxygen atoms in total. The molecule has 0 unspecified atom stereocenters. The third kappa shape index (κ3) is 9.37. The van der Waals surface area contributed by atoms with Crippen LogP contribution in [-0.4, -0.2) is 54.7 Å². The van der Waals surface area contributed by atoms with Crippen molar-refractivity contribution in [2.75, 3.05) is 32.8 Å². The second kappa shape index (κ2) is 14.6. The van der Waals surface area contributed by atoms with Crippen molar-refractivity contribution in [3.63, 3.8) is 0 Å².